The van der Waals surface area contributed by atoms with Gasteiger partial charge in [0.05, 0.1) is 13.2 Å². The number of ether oxygens (including phenoxy) is 2. The van der Waals surface area contributed by atoms with E-state index in [0.29, 0.717) is 24.6 Å². The minimum absolute atomic E-state index is 0.137. The van der Waals surface area contributed by atoms with E-state index >= 15 is 0 Å². The number of anilines is 1. The number of nitrogens with zero attached hydrogens (tertiary/aromatic N) is 2. The Hall–Kier alpha value is -4.19. The molecule has 0 fully saturated rings. The lowest BCUT2D eigenvalue weighted by Crippen LogP contribution is -2.38. The summed E-state index contributed by atoms with van der Waals surface area (Å²) in [5.74, 6) is 1.50. The molecule has 0 bridgehead atoms. The lowest BCUT2D eigenvalue weighted by molar-refractivity contribution is 0.199. The molecule has 1 aliphatic heterocycles. The quantitative estimate of drug-likeness (QED) is 0.373. The van der Waals surface area contributed by atoms with Gasteiger partial charge in [-0.05, 0) is 53.9 Å². The number of fused-ring (bicyclic) bond motifs is 1. The van der Waals surface area contributed by atoms with Crippen LogP contribution in [0.4, 0.5) is 10.5 Å². The molecule has 0 saturated heterocycles. The Morgan fingerprint density at radius 1 is 0.914 bits per heavy atom. The van der Waals surface area contributed by atoms with Crippen LogP contribution in [0.15, 0.2) is 97.2 Å². The molecular formula is C29H29N3O3. The zero-order chi connectivity index (χ0) is 24.0. The molecule has 178 valence electrons. The Balaban J connectivity index is 1.39. The predicted octanol–water partition coefficient (Wildman–Crippen LogP) is 6.10. The Bertz CT molecular complexity index is 1270. The van der Waals surface area contributed by atoms with Crippen molar-refractivity contribution >= 4 is 11.7 Å². The van der Waals surface area contributed by atoms with E-state index in [1.54, 1.807) is 7.11 Å². The summed E-state index contributed by atoms with van der Waals surface area (Å²) in [6, 6.07) is 29.4. The molecule has 0 aliphatic carbocycles. The molecule has 35 heavy (non-hydrogen) atoms. The van der Waals surface area contributed by atoms with Crippen molar-refractivity contribution in [3.05, 3.63) is 114 Å². The van der Waals surface area contributed by atoms with E-state index in [0.717, 1.165) is 35.5 Å². The smallest absolute Gasteiger partial charge is 0.322 e. The summed E-state index contributed by atoms with van der Waals surface area (Å²) < 4.78 is 13.5. The molecule has 1 unspecified atom stereocenters. The maximum atomic E-state index is 13.5. The molecule has 0 spiro atoms. The molecular weight excluding hydrogens is 438 g/mol. The summed E-state index contributed by atoms with van der Waals surface area (Å²) in [5, 5.41) is 3.06. The molecule has 1 aliphatic rings. The highest BCUT2D eigenvalue weighted by Gasteiger charge is 2.31. The fourth-order valence-electron chi connectivity index (χ4n) is 4.53. The Morgan fingerprint density at radius 2 is 1.74 bits per heavy atom. The minimum Gasteiger partial charge on any atom is -0.497 e. The molecule has 1 atom stereocenters. The summed E-state index contributed by atoms with van der Waals surface area (Å²) in [6.45, 7) is 2.04. The monoisotopic (exact) mass is 467 g/mol. The first-order valence-corrected chi connectivity index (χ1v) is 11.8. The van der Waals surface area contributed by atoms with Crippen LogP contribution in [0, 0.1) is 0 Å². The molecule has 1 N–H and O–H groups in total. The molecule has 0 radical (unpaired) electrons. The van der Waals surface area contributed by atoms with Crippen LogP contribution in [0.25, 0.3) is 0 Å². The van der Waals surface area contributed by atoms with E-state index in [1.165, 1.54) is 0 Å². The Kier molecular flexibility index (Phi) is 6.70. The molecule has 5 rings (SSSR count). The van der Waals surface area contributed by atoms with Crippen LogP contribution in [-0.2, 0) is 13.2 Å². The van der Waals surface area contributed by atoms with Crippen molar-refractivity contribution in [2.45, 2.75) is 25.6 Å². The van der Waals surface area contributed by atoms with Crippen molar-refractivity contribution in [2.75, 3.05) is 19.0 Å². The van der Waals surface area contributed by atoms with E-state index in [1.807, 2.05) is 77.7 Å². The van der Waals surface area contributed by atoms with E-state index in [9.17, 15) is 4.79 Å². The highest BCUT2D eigenvalue weighted by molar-refractivity contribution is 5.90. The summed E-state index contributed by atoms with van der Waals surface area (Å²) in [4.78, 5) is 15.4. The number of carbonyl (C=O) groups excluding carboxylic acids is 1. The topological polar surface area (TPSA) is 55.7 Å². The molecule has 2 heterocycles. The number of hydrogen-bond acceptors (Lipinski definition) is 3. The number of benzene rings is 3. The van der Waals surface area contributed by atoms with Gasteiger partial charge in [-0.1, -0.05) is 48.5 Å². The number of methoxy groups -OCH3 is 1. The van der Waals surface area contributed by atoms with Crippen LogP contribution < -0.4 is 14.8 Å². The van der Waals surface area contributed by atoms with Crippen LogP contribution in [0.3, 0.4) is 0 Å². The molecule has 2 amide bonds. The molecule has 0 saturated carbocycles. The number of urea groups is 1. The zero-order valence-electron chi connectivity index (χ0n) is 19.8. The number of carbonyl (C=O) groups is 1. The first kappa shape index (κ1) is 22.6. The summed E-state index contributed by atoms with van der Waals surface area (Å²) in [7, 11) is 1.62. The average molecular weight is 468 g/mol. The Morgan fingerprint density at radius 3 is 2.54 bits per heavy atom. The van der Waals surface area contributed by atoms with Gasteiger partial charge >= 0.3 is 6.03 Å². The second kappa shape index (κ2) is 10.4. The highest BCUT2D eigenvalue weighted by atomic mass is 16.5. The number of rotatable bonds is 6. The van der Waals surface area contributed by atoms with Gasteiger partial charge in [0, 0.05) is 36.7 Å². The van der Waals surface area contributed by atoms with Crippen molar-refractivity contribution in [1.82, 2.24) is 9.47 Å². The van der Waals surface area contributed by atoms with Crippen LogP contribution in [0.1, 0.15) is 29.3 Å². The molecule has 6 nitrogen and oxygen atoms in total. The fraction of sp³-hybridized carbons (Fsp3) is 0.207. The number of hydrogen-bond donors (Lipinski definition) is 1. The van der Waals surface area contributed by atoms with Crippen LogP contribution >= 0.6 is 0 Å². The number of aromatic nitrogens is 1. The third kappa shape index (κ3) is 5.17. The number of amides is 2. The fourth-order valence-corrected chi connectivity index (χ4v) is 4.53. The summed E-state index contributed by atoms with van der Waals surface area (Å²) in [5.41, 5.74) is 3.97. The van der Waals surface area contributed by atoms with Crippen LogP contribution in [0.5, 0.6) is 11.5 Å². The second-order valence-electron chi connectivity index (χ2n) is 8.58. The van der Waals surface area contributed by atoms with Crippen LogP contribution in [-0.4, -0.2) is 29.2 Å². The van der Waals surface area contributed by atoms with E-state index in [2.05, 4.69) is 34.3 Å². The van der Waals surface area contributed by atoms with Crippen molar-refractivity contribution in [2.24, 2.45) is 0 Å². The number of nitrogens with one attached hydrogen (secondary N) is 1. The van der Waals surface area contributed by atoms with Crippen molar-refractivity contribution in [3.8, 4) is 11.5 Å². The van der Waals surface area contributed by atoms with Gasteiger partial charge in [0.1, 0.15) is 18.1 Å². The van der Waals surface area contributed by atoms with Gasteiger partial charge < -0.3 is 24.3 Å². The molecule has 4 aromatic rings. The maximum absolute atomic E-state index is 13.5. The highest BCUT2D eigenvalue weighted by Crippen LogP contribution is 2.33. The minimum atomic E-state index is -0.207. The van der Waals surface area contributed by atoms with Crippen molar-refractivity contribution in [3.63, 3.8) is 0 Å². The second-order valence-corrected chi connectivity index (χ2v) is 8.58. The SMILES string of the molecule is COc1cccc(NC(=O)N2CCCn3cccc3C2c2ccc(OCc3ccccc3)cc2)c1. The van der Waals surface area contributed by atoms with Crippen LogP contribution in [0.2, 0.25) is 0 Å². The third-order valence-corrected chi connectivity index (χ3v) is 6.28. The maximum Gasteiger partial charge on any atom is 0.322 e. The van der Waals surface area contributed by atoms with Gasteiger partial charge in [0.25, 0.3) is 0 Å². The third-order valence-electron chi connectivity index (χ3n) is 6.28. The first-order valence-electron chi connectivity index (χ1n) is 11.8. The zero-order valence-corrected chi connectivity index (χ0v) is 19.8. The molecule has 6 heteroatoms. The van der Waals surface area contributed by atoms with Gasteiger partial charge in [-0.15, -0.1) is 0 Å². The standard InChI is InChI=1S/C29H29N3O3/c1-34-26-11-5-10-24(20-26)30-29(33)32-19-7-18-31-17-6-12-27(31)28(32)23-13-15-25(16-14-23)35-21-22-8-3-2-4-9-22/h2-6,8-17,20,28H,7,18-19,21H2,1H3,(H,30,33). The van der Waals surface area contributed by atoms with E-state index in [-0.39, 0.29) is 12.1 Å². The first-order chi connectivity index (χ1) is 17.2. The normalized spacial score (nSPS) is 15.1. The molecule has 1 aromatic heterocycles. The lowest BCUT2D eigenvalue weighted by atomic mass is 10.0. The largest absolute Gasteiger partial charge is 0.497 e. The average Bonchev–Trinajstić information content (AvgIpc) is 3.28. The van der Waals surface area contributed by atoms with Gasteiger partial charge in [0.2, 0.25) is 0 Å². The van der Waals surface area contributed by atoms with Gasteiger partial charge in [-0.3, -0.25) is 0 Å². The predicted molar refractivity (Wildman–Crippen MR) is 137 cm³/mol. The Labute approximate surface area is 205 Å². The van der Waals surface area contributed by atoms with Crippen molar-refractivity contribution in [1.29, 1.82) is 0 Å². The summed E-state index contributed by atoms with van der Waals surface area (Å²) in [6.07, 6.45) is 2.96. The number of aryl methyl sites for hydroxylation is 1. The van der Waals surface area contributed by atoms with E-state index in [4.69, 9.17) is 9.47 Å². The summed E-state index contributed by atoms with van der Waals surface area (Å²) >= 11 is 0. The van der Waals surface area contributed by atoms with Gasteiger partial charge in [-0.2, -0.15) is 0 Å². The lowest BCUT2D eigenvalue weighted by Gasteiger charge is -2.31. The van der Waals surface area contributed by atoms with Gasteiger partial charge in [0.15, 0.2) is 0 Å². The van der Waals surface area contributed by atoms with E-state index < -0.39 is 0 Å². The molecule has 3 aromatic carbocycles. The van der Waals surface area contributed by atoms with Gasteiger partial charge in [-0.25, -0.2) is 4.79 Å². The van der Waals surface area contributed by atoms with Crippen molar-refractivity contribution < 1.29 is 14.3 Å².